The molecule has 2 unspecified atom stereocenters. The number of carboxylic acids is 1. The van der Waals surface area contributed by atoms with Crippen LogP contribution in [0.15, 0.2) is 11.6 Å². The molecular formula is C34H54O5. The Bertz CT molecular complexity index is 1040. The Labute approximate surface area is 236 Å². The maximum Gasteiger partial charge on any atom is 0.312 e. The van der Waals surface area contributed by atoms with Crippen molar-refractivity contribution in [1.29, 1.82) is 0 Å². The zero-order valence-corrected chi connectivity index (χ0v) is 25.7. The first kappa shape index (κ1) is 29.1. The van der Waals surface area contributed by atoms with Gasteiger partial charge < -0.3 is 14.9 Å². The second-order valence-electron chi connectivity index (χ2n) is 16.4. The van der Waals surface area contributed by atoms with E-state index in [0.29, 0.717) is 18.3 Å². The quantitative estimate of drug-likeness (QED) is 0.213. The summed E-state index contributed by atoms with van der Waals surface area (Å²) in [5.41, 5.74) is 1.60. The summed E-state index contributed by atoms with van der Waals surface area (Å²) in [5, 5.41) is 20.0. The number of hydrogen-bond donors (Lipinski definition) is 2. The van der Waals surface area contributed by atoms with Crippen LogP contribution in [0.3, 0.4) is 0 Å². The van der Waals surface area contributed by atoms with E-state index in [9.17, 15) is 14.7 Å². The van der Waals surface area contributed by atoms with Crippen molar-refractivity contribution in [3.05, 3.63) is 11.6 Å². The fourth-order valence-corrected chi connectivity index (χ4v) is 11.1. The summed E-state index contributed by atoms with van der Waals surface area (Å²) in [6, 6.07) is 0. The predicted molar refractivity (Wildman–Crippen MR) is 153 cm³/mol. The van der Waals surface area contributed by atoms with Gasteiger partial charge in [0.1, 0.15) is 0 Å². The third kappa shape index (κ3) is 4.17. The van der Waals surface area contributed by atoms with Gasteiger partial charge in [0.05, 0.1) is 18.1 Å². The summed E-state index contributed by atoms with van der Waals surface area (Å²) in [4.78, 5) is 24.9. The van der Waals surface area contributed by atoms with Crippen molar-refractivity contribution in [3.63, 3.8) is 0 Å². The van der Waals surface area contributed by atoms with Crippen molar-refractivity contribution in [3.8, 4) is 0 Å². The molecule has 0 bridgehead atoms. The highest BCUT2D eigenvalue weighted by Crippen LogP contribution is 2.75. The predicted octanol–water partition coefficient (Wildman–Crippen LogP) is 7.56. The Morgan fingerprint density at radius 1 is 0.923 bits per heavy atom. The smallest absolute Gasteiger partial charge is 0.312 e. The van der Waals surface area contributed by atoms with E-state index in [-0.39, 0.29) is 58.1 Å². The van der Waals surface area contributed by atoms with Crippen molar-refractivity contribution in [2.24, 2.45) is 50.2 Å². The molecule has 0 spiro atoms. The van der Waals surface area contributed by atoms with Gasteiger partial charge in [-0.15, -0.1) is 0 Å². The van der Waals surface area contributed by atoms with E-state index in [2.05, 4.69) is 54.5 Å². The Kier molecular flexibility index (Phi) is 6.97. The fourth-order valence-electron chi connectivity index (χ4n) is 11.1. The van der Waals surface area contributed by atoms with Gasteiger partial charge in [0.2, 0.25) is 0 Å². The molecule has 8 atom stereocenters. The highest BCUT2D eigenvalue weighted by atomic mass is 16.5. The largest absolute Gasteiger partial charge is 0.481 e. The van der Waals surface area contributed by atoms with E-state index in [1.807, 2.05) is 0 Å². The highest BCUT2D eigenvalue weighted by molar-refractivity contribution is 5.79. The molecule has 5 aliphatic carbocycles. The van der Waals surface area contributed by atoms with Gasteiger partial charge in [0.15, 0.2) is 0 Å². The van der Waals surface area contributed by atoms with Crippen molar-refractivity contribution in [2.75, 3.05) is 6.61 Å². The van der Waals surface area contributed by atoms with Crippen LogP contribution >= 0.6 is 0 Å². The van der Waals surface area contributed by atoms with E-state index in [4.69, 9.17) is 9.84 Å². The Hall–Kier alpha value is -1.36. The average Bonchev–Trinajstić information content (AvgIpc) is 2.84. The number of esters is 1. The normalized spacial score (nSPS) is 46.0. The van der Waals surface area contributed by atoms with Gasteiger partial charge in [0.25, 0.3) is 0 Å². The van der Waals surface area contributed by atoms with Crippen molar-refractivity contribution >= 4 is 11.9 Å². The summed E-state index contributed by atoms with van der Waals surface area (Å²) in [5.74, 6) is 0.380. The van der Waals surface area contributed by atoms with Crippen LogP contribution in [0.4, 0.5) is 0 Å². The lowest BCUT2D eigenvalue weighted by atomic mass is 9.33. The number of aliphatic hydroxyl groups excluding tert-OH is 1. The maximum absolute atomic E-state index is 13.9. The number of allylic oxidation sites excluding steroid dienone is 2. The number of carboxylic acid groups (broad SMARTS) is 1. The number of aliphatic carboxylic acids is 1. The lowest BCUT2D eigenvalue weighted by molar-refractivity contribution is -0.206. The molecule has 0 saturated heterocycles. The first-order valence-corrected chi connectivity index (χ1v) is 15.8. The number of rotatable bonds is 5. The fraction of sp³-hybridized carbons (Fsp3) is 0.882. The van der Waals surface area contributed by atoms with Crippen molar-refractivity contribution in [2.45, 2.75) is 132 Å². The van der Waals surface area contributed by atoms with Crippen LogP contribution in [0.5, 0.6) is 0 Å². The third-order valence-corrected chi connectivity index (χ3v) is 13.8. The van der Waals surface area contributed by atoms with Crippen molar-refractivity contribution < 1.29 is 24.5 Å². The van der Waals surface area contributed by atoms with Crippen LogP contribution in [0.1, 0.15) is 126 Å². The van der Waals surface area contributed by atoms with Gasteiger partial charge in [-0.3, -0.25) is 9.59 Å². The van der Waals surface area contributed by atoms with Crippen LogP contribution in [0, 0.1) is 50.2 Å². The van der Waals surface area contributed by atoms with E-state index in [1.165, 1.54) is 18.4 Å². The van der Waals surface area contributed by atoms with Gasteiger partial charge in [-0.25, -0.2) is 0 Å². The standard InChI is InChI=1S/C34H54O5/c1-29(2)16-18-34(28(38)39-20-8-9-27(36)37)19-17-32(6)22(23(34)21-29)10-11-25-31(5)14-13-26(35)30(3,4)24(31)12-15-33(25,32)7/h10,23-26,35H,8-9,11-21H2,1-7H3,(H,36,37)/t23-,24?,25?,26-,31-,32+,33+,34-/m0/s1. The molecule has 4 saturated carbocycles. The number of fused-ring (bicyclic) bond motifs is 7. The molecule has 5 nitrogen and oxygen atoms in total. The highest BCUT2D eigenvalue weighted by Gasteiger charge is 2.69. The molecule has 5 rings (SSSR count). The maximum atomic E-state index is 13.9. The van der Waals surface area contributed by atoms with Gasteiger partial charge >= 0.3 is 11.9 Å². The molecule has 0 heterocycles. The lowest BCUT2D eigenvalue weighted by Gasteiger charge is -2.71. The van der Waals surface area contributed by atoms with E-state index in [1.54, 1.807) is 0 Å². The molecule has 0 radical (unpaired) electrons. The first-order valence-electron chi connectivity index (χ1n) is 15.8. The zero-order chi connectivity index (χ0) is 28.6. The van der Waals surface area contributed by atoms with Crippen LogP contribution in [-0.2, 0) is 14.3 Å². The van der Waals surface area contributed by atoms with Gasteiger partial charge in [-0.2, -0.15) is 0 Å². The molecule has 0 aromatic heterocycles. The number of aliphatic hydroxyl groups is 1. The molecule has 4 fully saturated rings. The van der Waals surface area contributed by atoms with Crippen LogP contribution < -0.4 is 0 Å². The minimum absolute atomic E-state index is 0.0350. The number of carbonyl (C=O) groups is 2. The Balaban J connectivity index is 1.50. The molecular weight excluding hydrogens is 488 g/mol. The summed E-state index contributed by atoms with van der Waals surface area (Å²) in [6.45, 7) is 17.2. The van der Waals surface area contributed by atoms with E-state index in [0.717, 1.165) is 51.4 Å². The second kappa shape index (κ2) is 9.33. The van der Waals surface area contributed by atoms with Crippen LogP contribution in [0.2, 0.25) is 0 Å². The topological polar surface area (TPSA) is 83.8 Å². The molecule has 5 heteroatoms. The van der Waals surface area contributed by atoms with Crippen LogP contribution in [0.25, 0.3) is 0 Å². The average molecular weight is 543 g/mol. The van der Waals surface area contributed by atoms with E-state index < -0.39 is 11.4 Å². The monoisotopic (exact) mass is 542 g/mol. The molecule has 0 aromatic carbocycles. The van der Waals surface area contributed by atoms with Gasteiger partial charge in [-0.1, -0.05) is 60.1 Å². The number of ether oxygens (including phenoxy) is 1. The minimum Gasteiger partial charge on any atom is -0.481 e. The summed E-state index contributed by atoms with van der Waals surface area (Å²) in [6.07, 6.45) is 13.0. The molecule has 220 valence electrons. The molecule has 5 aliphatic rings. The second-order valence-corrected chi connectivity index (χ2v) is 16.4. The SMILES string of the molecule is CC1(C)CC[C@]2(C(=O)OCCCC(=O)O)CC[C@]3(C)C(=CCC4[C@@]5(C)CC[C@H](O)C(C)(C)C5CC[C@]43C)[C@@H]2C1. The summed E-state index contributed by atoms with van der Waals surface area (Å²) < 4.78 is 5.87. The molecule has 0 aliphatic heterocycles. The minimum atomic E-state index is -0.843. The molecule has 39 heavy (non-hydrogen) atoms. The lowest BCUT2D eigenvalue weighted by Crippen LogP contribution is -2.65. The summed E-state index contributed by atoms with van der Waals surface area (Å²) in [7, 11) is 0. The first-order chi connectivity index (χ1) is 18.0. The Morgan fingerprint density at radius 3 is 2.31 bits per heavy atom. The van der Waals surface area contributed by atoms with Crippen LogP contribution in [-0.4, -0.2) is 34.9 Å². The molecule has 0 amide bonds. The van der Waals surface area contributed by atoms with Crippen molar-refractivity contribution in [1.82, 2.24) is 0 Å². The number of carbonyl (C=O) groups excluding carboxylic acids is 1. The van der Waals surface area contributed by atoms with Gasteiger partial charge in [-0.05, 0) is 115 Å². The third-order valence-electron chi connectivity index (χ3n) is 13.8. The molecule has 0 aromatic rings. The zero-order valence-electron chi connectivity index (χ0n) is 25.7. The molecule has 2 N–H and O–H groups in total. The Morgan fingerprint density at radius 2 is 1.62 bits per heavy atom. The van der Waals surface area contributed by atoms with Gasteiger partial charge in [0, 0.05) is 6.42 Å². The summed E-state index contributed by atoms with van der Waals surface area (Å²) >= 11 is 0. The van der Waals surface area contributed by atoms with E-state index >= 15 is 0 Å². The number of hydrogen-bond acceptors (Lipinski definition) is 4.